The van der Waals surface area contributed by atoms with Crippen molar-refractivity contribution in [3.8, 4) is 0 Å². The molecule has 0 saturated heterocycles. The van der Waals surface area contributed by atoms with Crippen LogP contribution in [0.15, 0.2) is 133 Å². The van der Waals surface area contributed by atoms with Crippen molar-refractivity contribution in [2.75, 3.05) is 9.80 Å². The minimum atomic E-state index is 0.170. The molecule has 5 aromatic carbocycles. The van der Waals surface area contributed by atoms with E-state index in [1.807, 2.05) is 0 Å². The van der Waals surface area contributed by atoms with Crippen LogP contribution in [-0.4, -0.2) is 0 Å². The number of hydrogen-bond acceptors (Lipinski definition) is 2. The Hall–Kier alpha value is -4.30. The average molecular weight is 511 g/mol. The minimum Gasteiger partial charge on any atom is -0.311 e. The van der Waals surface area contributed by atoms with Gasteiger partial charge >= 0.3 is 0 Å². The summed E-state index contributed by atoms with van der Waals surface area (Å²) in [5.41, 5.74) is 9.64. The van der Waals surface area contributed by atoms with Crippen molar-refractivity contribution in [3.63, 3.8) is 0 Å². The van der Waals surface area contributed by atoms with Crippen LogP contribution < -0.4 is 9.80 Å². The van der Waals surface area contributed by atoms with Gasteiger partial charge in [-0.05, 0) is 97.1 Å². The molecule has 0 aliphatic carbocycles. The highest BCUT2D eigenvalue weighted by atomic mass is 15.2. The summed E-state index contributed by atoms with van der Waals surface area (Å²) in [4.78, 5) is 4.64. The van der Waals surface area contributed by atoms with Crippen molar-refractivity contribution in [2.45, 2.75) is 46.0 Å². The summed E-state index contributed by atoms with van der Waals surface area (Å²) in [6.45, 7) is 9.06. The number of rotatable bonds is 9. The van der Waals surface area contributed by atoms with Gasteiger partial charge in [-0.3, -0.25) is 0 Å². The molecular formula is C37H38N2. The van der Waals surface area contributed by atoms with Gasteiger partial charge in [-0.2, -0.15) is 0 Å². The molecule has 0 heterocycles. The molecule has 0 unspecified atom stereocenters. The van der Waals surface area contributed by atoms with Crippen LogP contribution >= 0.6 is 0 Å². The van der Waals surface area contributed by atoms with Crippen molar-refractivity contribution in [1.82, 2.24) is 0 Å². The first-order valence-corrected chi connectivity index (χ1v) is 13.9. The number of aryl methyl sites for hydroxylation is 1. The normalized spacial score (nSPS) is 11.3. The van der Waals surface area contributed by atoms with Gasteiger partial charge in [-0.1, -0.05) is 93.4 Å². The fraction of sp³-hybridized carbons (Fsp3) is 0.189. The lowest BCUT2D eigenvalue weighted by atomic mass is 9.81. The zero-order chi connectivity index (χ0) is 27.2. The van der Waals surface area contributed by atoms with E-state index in [1.54, 1.807) is 0 Å². The monoisotopic (exact) mass is 510 g/mol. The summed E-state index contributed by atoms with van der Waals surface area (Å²) < 4.78 is 0. The fourth-order valence-corrected chi connectivity index (χ4v) is 5.32. The van der Waals surface area contributed by atoms with E-state index in [-0.39, 0.29) is 5.41 Å². The molecule has 5 aromatic rings. The van der Waals surface area contributed by atoms with Crippen LogP contribution in [0.2, 0.25) is 0 Å². The Labute approximate surface area is 234 Å². The Morgan fingerprint density at radius 2 is 0.795 bits per heavy atom. The van der Waals surface area contributed by atoms with Crippen molar-refractivity contribution in [2.24, 2.45) is 0 Å². The highest BCUT2D eigenvalue weighted by Gasteiger charge is 2.20. The number of anilines is 6. The molecule has 0 atom stereocenters. The molecule has 2 nitrogen and oxygen atoms in total. The van der Waals surface area contributed by atoms with Gasteiger partial charge in [0.1, 0.15) is 0 Å². The molecular weight excluding hydrogens is 472 g/mol. The van der Waals surface area contributed by atoms with Crippen LogP contribution in [0.25, 0.3) is 0 Å². The van der Waals surface area contributed by atoms with Gasteiger partial charge in [-0.15, -0.1) is 0 Å². The van der Waals surface area contributed by atoms with Crippen molar-refractivity contribution in [1.29, 1.82) is 0 Å². The third-order valence-corrected chi connectivity index (χ3v) is 7.47. The minimum absolute atomic E-state index is 0.170. The molecule has 0 spiro atoms. The number of nitrogens with zero attached hydrogens (tertiary/aromatic N) is 2. The van der Waals surface area contributed by atoms with Crippen LogP contribution in [0.1, 0.15) is 44.7 Å². The zero-order valence-electron chi connectivity index (χ0n) is 23.5. The topological polar surface area (TPSA) is 6.48 Å². The second kappa shape index (κ2) is 11.6. The molecule has 0 aliphatic heterocycles. The van der Waals surface area contributed by atoms with Gasteiger partial charge in [0, 0.05) is 34.1 Å². The maximum absolute atomic E-state index is 2.34. The second-order valence-corrected chi connectivity index (χ2v) is 10.9. The summed E-state index contributed by atoms with van der Waals surface area (Å²) in [5.74, 6) is 0. The maximum Gasteiger partial charge on any atom is 0.0463 e. The number of para-hydroxylation sites is 2. The van der Waals surface area contributed by atoms with E-state index in [9.17, 15) is 0 Å². The standard InChI is InChI=1S/C37H38N2/c1-5-28-37(3,4)30-18-22-34(23-19-30)39(32-14-10-7-11-15-32)36-26-24-35(25-27-36)38(31-12-8-6-9-13-31)33-20-16-29(2)17-21-33/h6-27H,5,28H2,1-4H3. The molecule has 0 bridgehead atoms. The molecule has 0 radical (unpaired) electrons. The molecule has 0 N–H and O–H groups in total. The van der Waals surface area contributed by atoms with Crippen LogP contribution in [0.4, 0.5) is 34.1 Å². The van der Waals surface area contributed by atoms with Gasteiger partial charge < -0.3 is 9.80 Å². The third-order valence-electron chi connectivity index (χ3n) is 7.47. The number of benzene rings is 5. The van der Waals surface area contributed by atoms with Gasteiger partial charge in [-0.25, -0.2) is 0 Å². The average Bonchev–Trinajstić information content (AvgIpc) is 2.97. The summed E-state index contributed by atoms with van der Waals surface area (Å²) >= 11 is 0. The Bertz CT molecular complexity index is 1450. The van der Waals surface area contributed by atoms with Crippen molar-refractivity contribution < 1.29 is 0 Å². The van der Waals surface area contributed by atoms with E-state index in [4.69, 9.17) is 0 Å². The Morgan fingerprint density at radius 1 is 0.462 bits per heavy atom. The second-order valence-electron chi connectivity index (χ2n) is 10.9. The lowest BCUT2D eigenvalue weighted by Gasteiger charge is -2.29. The molecule has 0 aliphatic rings. The van der Waals surface area contributed by atoms with Gasteiger partial charge in [0.25, 0.3) is 0 Å². The highest BCUT2D eigenvalue weighted by molar-refractivity contribution is 5.81. The van der Waals surface area contributed by atoms with Crippen molar-refractivity contribution in [3.05, 3.63) is 145 Å². The SMILES string of the molecule is CCCC(C)(C)c1ccc(N(c2ccccc2)c2ccc(N(c3ccccc3)c3ccc(C)cc3)cc2)cc1. The molecule has 5 rings (SSSR count). The lowest BCUT2D eigenvalue weighted by Crippen LogP contribution is -2.17. The fourth-order valence-electron chi connectivity index (χ4n) is 5.32. The maximum atomic E-state index is 2.34. The molecule has 2 heteroatoms. The van der Waals surface area contributed by atoms with Crippen LogP contribution in [0.3, 0.4) is 0 Å². The highest BCUT2D eigenvalue weighted by Crippen LogP contribution is 2.39. The number of hydrogen-bond donors (Lipinski definition) is 0. The predicted octanol–water partition coefficient (Wildman–Crippen LogP) is 11.0. The van der Waals surface area contributed by atoms with E-state index < -0.39 is 0 Å². The van der Waals surface area contributed by atoms with Crippen molar-refractivity contribution >= 4 is 34.1 Å². The van der Waals surface area contributed by atoms with E-state index in [2.05, 4.69) is 171 Å². The molecule has 196 valence electrons. The largest absolute Gasteiger partial charge is 0.311 e. The molecule has 0 amide bonds. The van der Waals surface area contributed by atoms with Gasteiger partial charge in [0.05, 0.1) is 0 Å². The first kappa shape index (κ1) is 26.3. The summed E-state index contributed by atoms with van der Waals surface area (Å²) in [6.07, 6.45) is 2.36. The van der Waals surface area contributed by atoms with E-state index in [0.717, 1.165) is 34.1 Å². The van der Waals surface area contributed by atoms with Gasteiger partial charge in [0.2, 0.25) is 0 Å². The Kier molecular flexibility index (Phi) is 7.84. The van der Waals surface area contributed by atoms with Crippen LogP contribution in [0, 0.1) is 6.92 Å². The summed E-state index contributed by atoms with van der Waals surface area (Å²) in [5, 5.41) is 0. The van der Waals surface area contributed by atoms with Crippen LogP contribution in [0.5, 0.6) is 0 Å². The third kappa shape index (κ3) is 5.91. The zero-order valence-corrected chi connectivity index (χ0v) is 23.5. The van der Waals surface area contributed by atoms with Gasteiger partial charge in [0.15, 0.2) is 0 Å². The Morgan fingerprint density at radius 3 is 1.18 bits per heavy atom. The molecule has 0 fully saturated rings. The van der Waals surface area contributed by atoms with Crippen LogP contribution in [-0.2, 0) is 5.41 Å². The first-order valence-electron chi connectivity index (χ1n) is 13.9. The van der Waals surface area contributed by atoms with E-state index >= 15 is 0 Å². The quantitative estimate of drug-likeness (QED) is 0.194. The summed E-state index contributed by atoms with van der Waals surface area (Å²) in [6, 6.07) is 47.9. The molecule has 39 heavy (non-hydrogen) atoms. The first-order chi connectivity index (χ1) is 19.0. The Balaban J connectivity index is 1.53. The molecule has 0 saturated carbocycles. The summed E-state index contributed by atoms with van der Waals surface area (Å²) in [7, 11) is 0. The van der Waals surface area contributed by atoms with E-state index in [0.29, 0.717) is 0 Å². The smallest absolute Gasteiger partial charge is 0.0463 e. The van der Waals surface area contributed by atoms with E-state index in [1.165, 1.54) is 24.0 Å². The molecule has 0 aromatic heterocycles. The predicted molar refractivity (Wildman–Crippen MR) is 168 cm³/mol. The lowest BCUT2D eigenvalue weighted by molar-refractivity contribution is 0.473.